The summed E-state index contributed by atoms with van der Waals surface area (Å²) in [5.41, 5.74) is 25.9. The number of benzene rings is 18. The lowest BCUT2D eigenvalue weighted by atomic mass is 9.95. The average Bonchev–Trinajstić information content (AvgIpc) is 1.54. The molecule has 1 aliphatic carbocycles. The number of nitrogens with zero attached hydrogens (tertiary/aromatic N) is 3. The Morgan fingerprint density at radius 2 is 0.453 bits per heavy atom. The van der Waals surface area contributed by atoms with E-state index in [4.69, 9.17) is 0 Å². The first kappa shape index (κ1) is 70.4. The molecule has 0 atom stereocenters. The molecule has 18 aromatic carbocycles. The number of halogens is 1. The number of fused-ring (bicyclic) bond motifs is 22. The van der Waals surface area contributed by atoms with E-state index in [0.717, 1.165) is 50.7 Å². The van der Waals surface area contributed by atoms with Crippen molar-refractivity contribution >= 4 is 198 Å². The van der Waals surface area contributed by atoms with E-state index in [2.05, 4.69) is 431 Å². The van der Waals surface area contributed by atoms with E-state index in [-0.39, 0.29) is 0 Å². The third kappa shape index (κ3) is 12.7. The molecule has 8 heteroatoms. The van der Waals surface area contributed by atoms with Gasteiger partial charge in [-0.25, -0.2) is 0 Å². The minimum atomic E-state index is 1.05. The van der Waals surface area contributed by atoms with Crippen LogP contribution in [0.1, 0.15) is 11.1 Å². The van der Waals surface area contributed by atoms with E-state index in [1.54, 1.807) is 0 Å². The Morgan fingerprint density at radius 1 is 0.205 bits per heavy atom. The van der Waals surface area contributed by atoms with Crippen molar-refractivity contribution in [1.82, 2.24) is 4.57 Å². The van der Waals surface area contributed by atoms with Crippen molar-refractivity contribution in [2.75, 3.05) is 9.80 Å². The van der Waals surface area contributed by atoms with Gasteiger partial charge in [-0.1, -0.05) is 271 Å². The van der Waals surface area contributed by atoms with Gasteiger partial charge in [0, 0.05) is 136 Å². The van der Waals surface area contributed by atoms with Crippen LogP contribution in [-0.4, -0.2) is 4.57 Å². The minimum absolute atomic E-state index is 1.05. The van der Waals surface area contributed by atoms with E-state index in [9.17, 15) is 0 Å². The highest BCUT2D eigenvalue weighted by atomic mass is 79.9. The van der Waals surface area contributed by atoms with Gasteiger partial charge in [-0.15, -0.1) is 45.3 Å². The molecule has 0 unspecified atom stereocenters. The van der Waals surface area contributed by atoms with Gasteiger partial charge < -0.3 is 14.4 Å². The largest absolute Gasteiger partial charge is 0.311 e. The summed E-state index contributed by atoms with van der Waals surface area (Å²) in [5, 5.41) is 13.7. The molecule has 0 saturated carbocycles. The highest BCUT2D eigenvalue weighted by molar-refractivity contribution is 9.10. The predicted molar refractivity (Wildman–Crippen MR) is 512 cm³/mol. The molecule has 0 spiro atoms. The van der Waals surface area contributed by atoms with E-state index >= 15 is 0 Å². The second kappa shape index (κ2) is 29.8. The summed E-state index contributed by atoms with van der Waals surface area (Å²) in [5.74, 6) is 0. The van der Waals surface area contributed by atoms with Gasteiger partial charge in [-0.2, -0.15) is 0 Å². The molecule has 552 valence electrons. The Balaban J connectivity index is 0.000000118. The third-order valence-electron chi connectivity index (χ3n) is 23.0. The lowest BCUT2D eigenvalue weighted by Crippen LogP contribution is -2.10. The van der Waals surface area contributed by atoms with Crippen LogP contribution in [0.2, 0.25) is 0 Å². The summed E-state index contributed by atoms with van der Waals surface area (Å²) >= 11 is 11.2. The first-order valence-corrected chi connectivity index (χ1v) is 43.6. The topological polar surface area (TPSA) is 11.4 Å². The van der Waals surface area contributed by atoms with Crippen molar-refractivity contribution in [2.45, 2.75) is 6.42 Å². The van der Waals surface area contributed by atoms with Gasteiger partial charge >= 0.3 is 0 Å². The van der Waals surface area contributed by atoms with Crippen LogP contribution in [0.3, 0.4) is 0 Å². The maximum atomic E-state index is 3.56. The van der Waals surface area contributed by atoms with Gasteiger partial charge in [0.15, 0.2) is 0 Å². The molecule has 117 heavy (non-hydrogen) atoms. The molecule has 0 saturated heterocycles. The van der Waals surface area contributed by atoms with Gasteiger partial charge in [0.25, 0.3) is 0 Å². The summed E-state index contributed by atoms with van der Waals surface area (Å²) in [6.45, 7) is 0. The van der Waals surface area contributed by atoms with Crippen molar-refractivity contribution in [3.63, 3.8) is 0 Å². The Hall–Kier alpha value is -13.3. The van der Waals surface area contributed by atoms with Crippen LogP contribution in [0.25, 0.3) is 164 Å². The van der Waals surface area contributed by atoms with Crippen LogP contribution in [0.4, 0.5) is 34.1 Å². The second-order valence-electron chi connectivity index (χ2n) is 29.8. The fraction of sp³-hybridized carbons (Fsp3) is 0.00917. The zero-order chi connectivity index (χ0) is 77.4. The van der Waals surface area contributed by atoms with Crippen LogP contribution >= 0.6 is 61.3 Å². The highest BCUT2D eigenvalue weighted by Gasteiger charge is 2.28. The molecular weight excluding hydrogens is 1560 g/mol. The van der Waals surface area contributed by atoms with Crippen LogP contribution in [-0.2, 0) is 6.42 Å². The monoisotopic (exact) mass is 1630 g/mol. The number of thiophene rings is 4. The molecule has 0 N–H and O–H groups in total. The van der Waals surface area contributed by atoms with E-state index in [0.29, 0.717) is 0 Å². The quantitative estimate of drug-likeness (QED) is 0.128. The number of hydrogen-bond acceptors (Lipinski definition) is 6. The standard InChI is InChI=1S/C54H34N2S2.C30H22BrN.C25H14S2/c1-3-11-35(12-4-1)37-19-23-39(24-20-37)55(40-25-21-38(22-26-40)36-13-5-2-6-14-36)41-27-29-42(30-28-41)56-45-31-33-49-51(43-15-7-9-17-47(43)57-49)53(45)54-46(56)32-34-50-52(54)44-16-8-10-18-48(44)58-50;31-27-15-21-30(22-16-27)32(28-17-11-25(12-18-28)23-7-3-1-4-8-23)29-19-13-26(14-20-29)24-9-5-2-6-10-24;1-3-7-18-16(5-1)24-20(26-18)11-9-14-13-15-10-12-21-25(23(15)22(14)24)17-6-2-4-8-19(17)27-21/h1-34H;1-22H;1-12H,13H2. The van der Waals surface area contributed by atoms with Gasteiger partial charge in [0.1, 0.15) is 0 Å². The molecule has 1 aliphatic rings. The van der Waals surface area contributed by atoms with Crippen LogP contribution in [0, 0.1) is 0 Å². The van der Waals surface area contributed by atoms with Gasteiger partial charge in [0.2, 0.25) is 0 Å². The number of anilines is 6. The number of aromatic nitrogens is 1. The SMILES string of the molecule is Brc1ccc(N(c2ccc(-c3ccccc3)cc2)c2ccc(-c3ccccc3)cc2)cc1.c1ccc(-c2ccc(N(c3ccc(-c4ccccc4)cc3)c3ccc(-n4c5ccc6sc7ccccc7c6c5c5c6c(ccc54)sc4ccccc46)cc3)cc2)cc1.c1ccc2c(c1)sc1ccc3c(c12)-c1c(ccc2sc4ccccc4c12)C3. The molecular formula is C109H70BrN3S4. The zero-order valence-corrected chi connectivity index (χ0v) is 68.2. The molecule has 24 rings (SSSR count). The van der Waals surface area contributed by atoms with Gasteiger partial charge in [-0.05, 0) is 231 Å². The van der Waals surface area contributed by atoms with Crippen LogP contribution in [0.5, 0.6) is 0 Å². The third-order valence-corrected chi connectivity index (χ3v) is 28.1. The first-order chi connectivity index (χ1) is 57.9. The molecule has 0 radical (unpaired) electrons. The van der Waals surface area contributed by atoms with Crippen molar-refractivity contribution in [1.29, 1.82) is 0 Å². The molecule has 3 nitrogen and oxygen atoms in total. The van der Waals surface area contributed by atoms with Gasteiger partial charge in [-0.3, -0.25) is 0 Å². The normalized spacial score (nSPS) is 11.8. The average molecular weight is 1630 g/mol. The smallest absolute Gasteiger partial charge is 0.0548 e. The Kier molecular flexibility index (Phi) is 17.9. The van der Waals surface area contributed by atoms with Gasteiger partial charge in [0.05, 0.1) is 11.0 Å². The molecule has 0 bridgehead atoms. The van der Waals surface area contributed by atoms with E-state index in [1.807, 2.05) is 57.5 Å². The number of rotatable bonds is 11. The minimum Gasteiger partial charge on any atom is -0.311 e. The lowest BCUT2D eigenvalue weighted by molar-refractivity contribution is 1.18. The summed E-state index contributed by atoms with van der Waals surface area (Å²) in [6.07, 6.45) is 1.05. The zero-order valence-electron chi connectivity index (χ0n) is 63.3. The number of hydrogen-bond donors (Lipinski definition) is 0. The summed E-state index contributed by atoms with van der Waals surface area (Å²) in [6, 6.07) is 149. The highest BCUT2D eigenvalue weighted by Crippen LogP contribution is 2.54. The van der Waals surface area contributed by atoms with Crippen molar-refractivity contribution in [3.8, 4) is 61.3 Å². The fourth-order valence-electron chi connectivity index (χ4n) is 17.7. The molecule has 5 aromatic heterocycles. The summed E-state index contributed by atoms with van der Waals surface area (Å²) in [7, 11) is 0. The predicted octanol–water partition coefficient (Wildman–Crippen LogP) is 33.6. The van der Waals surface area contributed by atoms with E-state index in [1.165, 1.54) is 169 Å². The van der Waals surface area contributed by atoms with Crippen LogP contribution < -0.4 is 9.80 Å². The molecule has 5 heterocycles. The van der Waals surface area contributed by atoms with Crippen molar-refractivity contribution in [3.05, 3.63) is 428 Å². The fourth-order valence-corrected chi connectivity index (χ4v) is 22.4. The lowest BCUT2D eigenvalue weighted by Gasteiger charge is -2.26. The molecule has 0 amide bonds. The first-order valence-electron chi connectivity index (χ1n) is 39.6. The Bertz CT molecular complexity index is 7250. The molecule has 0 fully saturated rings. The summed E-state index contributed by atoms with van der Waals surface area (Å²) in [4.78, 5) is 4.65. The second-order valence-corrected chi connectivity index (χ2v) is 35.1. The van der Waals surface area contributed by atoms with Crippen molar-refractivity contribution < 1.29 is 0 Å². The Labute approximate surface area is 702 Å². The van der Waals surface area contributed by atoms with Crippen LogP contribution in [0.15, 0.2) is 417 Å². The summed E-state index contributed by atoms with van der Waals surface area (Å²) < 4.78 is 14.4. The maximum Gasteiger partial charge on any atom is 0.0548 e. The molecule has 0 aliphatic heterocycles. The van der Waals surface area contributed by atoms with Crippen molar-refractivity contribution in [2.24, 2.45) is 0 Å². The molecule has 23 aromatic rings. The Morgan fingerprint density at radius 3 is 0.769 bits per heavy atom. The van der Waals surface area contributed by atoms with E-state index < -0.39 is 0 Å². The maximum absolute atomic E-state index is 3.56.